The molecule has 7 nitrogen and oxygen atoms in total. The van der Waals surface area contributed by atoms with E-state index in [1.807, 2.05) is 40.9 Å². The molecule has 3 aromatic heterocycles. The van der Waals surface area contributed by atoms with E-state index in [4.69, 9.17) is 0 Å². The first-order chi connectivity index (χ1) is 13.2. The van der Waals surface area contributed by atoms with Crippen molar-refractivity contribution in [2.75, 3.05) is 6.54 Å². The standard InChI is InChI=1S/C19H22N6OS/c1-14-18(27-23-21-14)19(26)25(16-4-2-3-5-16)13-12-24-11-8-17(22-24)15-6-9-20-10-7-15/h6-11,16H,2-5,12-13H2,1H3. The molecule has 27 heavy (non-hydrogen) atoms. The Morgan fingerprint density at radius 1 is 1.26 bits per heavy atom. The number of hydrogen-bond donors (Lipinski definition) is 0. The third kappa shape index (κ3) is 3.90. The minimum absolute atomic E-state index is 0.0518. The molecule has 0 spiro atoms. The number of carbonyl (C=O) groups is 1. The molecule has 1 aliphatic rings. The summed E-state index contributed by atoms with van der Waals surface area (Å²) in [4.78, 5) is 19.8. The number of carbonyl (C=O) groups excluding carboxylic acids is 1. The van der Waals surface area contributed by atoms with Crippen LogP contribution in [0.5, 0.6) is 0 Å². The highest BCUT2D eigenvalue weighted by molar-refractivity contribution is 7.07. The van der Waals surface area contributed by atoms with Gasteiger partial charge in [-0.15, -0.1) is 5.10 Å². The highest BCUT2D eigenvalue weighted by Crippen LogP contribution is 2.26. The Labute approximate surface area is 162 Å². The maximum Gasteiger partial charge on any atom is 0.267 e. The molecule has 8 heteroatoms. The second kappa shape index (κ2) is 7.96. The van der Waals surface area contributed by atoms with Crippen molar-refractivity contribution >= 4 is 17.4 Å². The van der Waals surface area contributed by atoms with Crippen molar-refractivity contribution in [3.05, 3.63) is 47.4 Å². The van der Waals surface area contributed by atoms with Gasteiger partial charge in [-0.05, 0) is 49.5 Å². The van der Waals surface area contributed by atoms with Gasteiger partial charge in [0, 0.05) is 36.7 Å². The predicted octanol–water partition coefficient (Wildman–Crippen LogP) is 3.19. The fourth-order valence-electron chi connectivity index (χ4n) is 3.60. The van der Waals surface area contributed by atoms with E-state index in [2.05, 4.69) is 19.7 Å². The zero-order valence-electron chi connectivity index (χ0n) is 15.3. The Morgan fingerprint density at radius 3 is 2.74 bits per heavy atom. The third-order valence-corrected chi connectivity index (χ3v) is 5.87. The fourth-order valence-corrected chi connectivity index (χ4v) is 4.21. The van der Waals surface area contributed by atoms with E-state index >= 15 is 0 Å². The minimum atomic E-state index is 0.0518. The predicted molar refractivity (Wildman–Crippen MR) is 103 cm³/mol. The molecule has 140 valence electrons. The maximum absolute atomic E-state index is 13.1. The summed E-state index contributed by atoms with van der Waals surface area (Å²) in [5.74, 6) is 0.0518. The first kappa shape index (κ1) is 17.8. The molecule has 1 fully saturated rings. The Bertz CT molecular complexity index is 900. The summed E-state index contributed by atoms with van der Waals surface area (Å²) in [6.07, 6.45) is 9.99. The van der Waals surface area contributed by atoms with E-state index < -0.39 is 0 Å². The van der Waals surface area contributed by atoms with Crippen LogP contribution in [-0.4, -0.2) is 47.7 Å². The van der Waals surface area contributed by atoms with E-state index in [9.17, 15) is 4.79 Å². The summed E-state index contributed by atoms with van der Waals surface area (Å²) in [7, 11) is 0. The lowest BCUT2D eigenvalue weighted by molar-refractivity contribution is 0.0676. The second-order valence-corrected chi connectivity index (χ2v) is 7.58. The van der Waals surface area contributed by atoms with Gasteiger partial charge in [0.25, 0.3) is 5.91 Å². The Kier molecular flexibility index (Phi) is 5.24. The molecule has 0 bridgehead atoms. The normalized spacial score (nSPS) is 14.6. The lowest BCUT2D eigenvalue weighted by Gasteiger charge is -2.28. The largest absolute Gasteiger partial charge is 0.333 e. The van der Waals surface area contributed by atoms with Crippen molar-refractivity contribution in [1.82, 2.24) is 29.3 Å². The molecule has 0 aromatic carbocycles. The summed E-state index contributed by atoms with van der Waals surface area (Å²) in [5.41, 5.74) is 2.67. The number of rotatable bonds is 6. The van der Waals surface area contributed by atoms with Gasteiger partial charge < -0.3 is 4.90 Å². The monoisotopic (exact) mass is 382 g/mol. The molecule has 0 atom stereocenters. The molecule has 4 rings (SSSR count). The summed E-state index contributed by atoms with van der Waals surface area (Å²) in [6, 6.07) is 6.18. The first-order valence-corrected chi connectivity index (χ1v) is 10.0. The number of amides is 1. The average Bonchev–Trinajstić information content (AvgIpc) is 3.44. The van der Waals surface area contributed by atoms with E-state index in [0.29, 0.717) is 29.7 Å². The van der Waals surface area contributed by atoms with Crippen molar-refractivity contribution in [2.24, 2.45) is 0 Å². The number of aryl methyl sites for hydroxylation is 1. The minimum Gasteiger partial charge on any atom is -0.333 e. The summed E-state index contributed by atoms with van der Waals surface area (Å²) in [6.45, 7) is 3.15. The Hall–Kier alpha value is -2.61. The number of pyridine rings is 1. The van der Waals surface area contributed by atoms with Gasteiger partial charge in [0.1, 0.15) is 4.88 Å². The molecule has 0 N–H and O–H groups in total. The highest BCUT2D eigenvalue weighted by atomic mass is 32.1. The Morgan fingerprint density at radius 2 is 2.04 bits per heavy atom. The number of hydrogen-bond acceptors (Lipinski definition) is 6. The van der Waals surface area contributed by atoms with Crippen LogP contribution in [0.15, 0.2) is 36.8 Å². The molecule has 3 aromatic rings. The van der Waals surface area contributed by atoms with E-state index in [0.717, 1.165) is 24.1 Å². The molecule has 0 unspecified atom stereocenters. The van der Waals surface area contributed by atoms with Crippen LogP contribution in [0.4, 0.5) is 0 Å². The molecule has 1 saturated carbocycles. The van der Waals surface area contributed by atoms with Crippen LogP contribution < -0.4 is 0 Å². The highest BCUT2D eigenvalue weighted by Gasteiger charge is 2.29. The van der Waals surface area contributed by atoms with Gasteiger partial charge in [-0.25, -0.2) is 0 Å². The molecule has 1 amide bonds. The van der Waals surface area contributed by atoms with Crippen molar-refractivity contribution in [3.8, 4) is 11.3 Å². The maximum atomic E-state index is 13.1. The van der Waals surface area contributed by atoms with Gasteiger partial charge in [-0.3, -0.25) is 14.5 Å². The van der Waals surface area contributed by atoms with Crippen LogP contribution in [-0.2, 0) is 6.54 Å². The molecule has 0 aliphatic heterocycles. The van der Waals surface area contributed by atoms with Crippen LogP contribution in [0.2, 0.25) is 0 Å². The van der Waals surface area contributed by atoms with E-state index in [1.165, 1.54) is 24.4 Å². The van der Waals surface area contributed by atoms with Crippen LogP contribution in [0.25, 0.3) is 11.3 Å². The summed E-state index contributed by atoms with van der Waals surface area (Å²) >= 11 is 1.19. The molecular weight excluding hydrogens is 360 g/mol. The second-order valence-electron chi connectivity index (χ2n) is 6.82. The number of aromatic nitrogens is 5. The molecule has 0 radical (unpaired) electrons. The van der Waals surface area contributed by atoms with E-state index in [1.54, 1.807) is 12.4 Å². The zero-order valence-corrected chi connectivity index (χ0v) is 16.1. The van der Waals surface area contributed by atoms with Crippen molar-refractivity contribution in [3.63, 3.8) is 0 Å². The first-order valence-electron chi connectivity index (χ1n) is 9.26. The third-order valence-electron chi connectivity index (χ3n) is 5.06. The average molecular weight is 382 g/mol. The van der Waals surface area contributed by atoms with Gasteiger partial charge in [0.2, 0.25) is 0 Å². The topological polar surface area (TPSA) is 76.8 Å². The molecule has 0 saturated heterocycles. The lowest BCUT2D eigenvalue weighted by Crippen LogP contribution is -2.41. The van der Waals surface area contributed by atoms with Gasteiger partial charge in [0.15, 0.2) is 0 Å². The van der Waals surface area contributed by atoms with Crippen LogP contribution in [0, 0.1) is 6.92 Å². The summed E-state index contributed by atoms with van der Waals surface area (Å²) in [5, 5.41) is 8.65. The molecule has 3 heterocycles. The van der Waals surface area contributed by atoms with Gasteiger partial charge in [-0.2, -0.15) is 5.10 Å². The van der Waals surface area contributed by atoms with Crippen molar-refractivity contribution < 1.29 is 4.79 Å². The molecule has 1 aliphatic carbocycles. The SMILES string of the molecule is Cc1nnsc1C(=O)N(CCn1ccc(-c2ccncc2)n1)C1CCCC1. The van der Waals surface area contributed by atoms with Crippen molar-refractivity contribution in [1.29, 1.82) is 0 Å². The van der Waals surface area contributed by atoms with Gasteiger partial charge in [0.05, 0.1) is 17.9 Å². The quantitative estimate of drug-likeness (QED) is 0.654. The van der Waals surface area contributed by atoms with Crippen molar-refractivity contribution in [2.45, 2.75) is 45.2 Å². The van der Waals surface area contributed by atoms with Gasteiger partial charge >= 0.3 is 0 Å². The molecular formula is C19H22N6OS. The lowest BCUT2D eigenvalue weighted by atomic mass is 10.2. The van der Waals surface area contributed by atoms with Crippen LogP contribution >= 0.6 is 11.5 Å². The zero-order chi connectivity index (χ0) is 18.6. The summed E-state index contributed by atoms with van der Waals surface area (Å²) < 4.78 is 5.83. The van der Waals surface area contributed by atoms with Crippen LogP contribution in [0.1, 0.15) is 41.0 Å². The van der Waals surface area contributed by atoms with Gasteiger partial charge in [-0.1, -0.05) is 17.3 Å². The Balaban J connectivity index is 1.48. The smallest absolute Gasteiger partial charge is 0.267 e. The fraction of sp³-hybridized carbons (Fsp3) is 0.421. The van der Waals surface area contributed by atoms with E-state index in [-0.39, 0.29) is 5.91 Å². The number of nitrogens with zero attached hydrogens (tertiary/aromatic N) is 6. The van der Waals surface area contributed by atoms with Crippen LogP contribution in [0.3, 0.4) is 0 Å².